The van der Waals surface area contributed by atoms with Crippen molar-refractivity contribution in [3.63, 3.8) is 0 Å². The summed E-state index contributed by atoms with van der Waals surface area (Å²) in [6, 6.07) is 16.9. The summed E-state index contributed by atoms with van der Waals surface area (Å²) >= 11 is 1.21. The van der Waals surface area contributed by atoms with Crippen LogP contribution in [-0.4, -0.2) is 34.5 Å². The number of amides is 1. The Hall–Kier alpha value is -3.72. The van der Waals surface area contributed by atoms with Gasteiger partial charge in [-0.1, -0.05) is 42.1 Å². The molecule has 0 saturated heterocycles. The zero-order valence-electron chi connectivity index (χ0n) is 17.7. The molecule has 3 heterocycles. The van der Waals surface area contributed by atoms with Crippen molar-refractivity contribution in [1.82, 2.24) is 14.9 Å². The third kappa shape index (κ3) is 4.73. The normalized spacial score (nSPS) is 12.2. The lowest BCUT2D eigenvalue weighted by atomic mass is 10.1. The minimum atomic E-state index is -0.235. The topological polar surface area (TPSA) is 95.6 Å². The third-order valence-electron chi connectivity index (χ3n) is 5.22. The Bertz CT molecular complexity index is 1340. The van der Waals surface area contributed by atoms with Gasteiger partial charge in [-0.25, -0.2) is 4.98 Å². The van der Waals surface area contributed by atoms with Gasteiger partial charge >= 0.3 is 0 Å². The molecule has 9 heteroatoms. The summed E-state index contributed by atoms with van der Waals surface area (Å²) in [5.41, 5.74) is 1.42. The maximum atomic E-state index is 13.3. The number of aromatic nitrogens is 2. The molecule has 2 aromatic heterocycles. The fraction of sp³-hybridized carbons (Fsp3) is 0.208. The Morgan fingerprint density at radius 1 is 1.09 bits per heavy atom. The highest BCUT2D eigenvalue weighted by Gasteiger charge is 2.20. The molecule has 33 heavy (non-hydrogen) atoms. The van der Waals surface area contributed by atoms with Crippen LogP contribution in [0, 0.1) is 0 Å². The molecule has 0 fully saturated rings. The number of ether oxygens (including phenoxy) is 2. The van der Waals surface area contributed by atoms with Crippen LogP contribution in [0.1, 0.15) is 11.3 Å². The fourth-order valence-electron chi connectivity index (χ4n) is 3.57. The van der Waals surface area contributed by atoms with Gasteiger partial charge in [-0.05, 0) is 30.2 Å². The first-order valence-electron chi connectivity index (χ1n) is 10.5. The van der Waals surface area contributed by atoms with E-state index in [0.717, 1.165) is 12.0 Å². The Morgan fingerprint density at radius 3 is 2.70 bits per heavy atom. The number of fused-ring (bicyclic) bond motifs is 2. The van der Waals surface area contributed by atoms with E-state index in [4.69, 9.17) is 13.9 Å². The van der Waals surface area contributed by atoms with E-state index < -0.39 is 0 Å². The van der Waals surface area contributed by atoms with Gasteiger partial charge in [0, 0.05) is 12.6 Å². The van der Waals surface area contributed by atoms with Crippen molar-refractivity contribution < 1.29 is 18.7 Å². The molecule has 1 aliphatic rings. The number of carbonyl (C=O) groups excluding carboxylic acids is 1. The third-order valence-corrected chi connectivity index (χ3v) is 6.19. The van der Waals surface area contributed by atoms with Crippen LogP contribution in [0.15, 0.2) is 75.2 Å². The van der Waals surface area contributed by atoms with Gasteiger partial charge in [0.1, 0.15) is 5.76 Å². The first-order valence-corrected chi connectivity index (χ1v) is 11.5. The summed E-state index contributed by atoms with van der Waals surface area (Å²) < 4.78 is 17.8. The maximum absolute atomic E-state index is 13.3. The summed E-state index contributed by atoms with van der Waals surface area (Å²) in [6.45, 7) is 0.857. The van der Waals surface area contributed by atoms with Crippen LogP contribution in [0.2, 0.25) is 0 Å². The van der Waals surface area contributed by atoms with Crippen molar-refractivity contribution in [1.29, 1.82) is 0 Å². The van der Waals surface area contributed by atoms with Crippen LogP contribution < -0.4 is 20.3 Å². The molecule has 0 radical (unpaired) electrons. The molecule has 4 aromatic rings. The lowest BCUT2D eigenvalue weighted by molar-refractivity contribution is -0.118. The number of hydrogen-bond acceptors (Lipinski definition) is 7. The number of benzene rings is 2. The summed E-state index contributed by atoms with van der Waals surface area (Å²) in [5.74, 6) is 1.70. The quantitative estimate of drug-likeness (QED) is 0.317. The van der Waals surface area contributed by atoms with Crippen molar-refractivity contribution >= 4 is 28.6 Å². The molecule has 1 N–H and O–H groups in total. The van der Waals surface area contributed by atoms with E-state index in [-0.39, 0.29) is 30.6 Å². The summed E-state index contributed by atoms with van der Waals surface area (Å²) in [7, 11) is 0. The summed E-state index contributed by atoms with van der Waals surface area (Å²) in [6.07, 6.45) is 2.31. The highest BCUT2D eigenvalue weighted by molar-refractivity contribution is 7.99. The maximum Gasteiger partial charge on any atom is 0.262 e. The summed E-state index contributed by atoms with van der Waals surface area (Å²) in [4.78, 5) is 30.4. The zero-order valence-corrected chi connectivity index (χ0v) is 18.5. The molecular formula is C24H21N3O5S. The number of rotatable bonds is 8. The van der Waals surface area contributed by atoms with Crippen LogP contribution in [0.3, 0.4) is 0 Å². The number of carbonyl (C=O) groups is 1. The van der Waals surface area contributed by atoms with Crippen molar-refractivity contribution in [2.75, 3.05) is 19.1 Å². The van der Waals surface area contributed by atoms with Gasteiger partial charge in [-0.15, -0.1) is 0 Å². The molecule has 1 amide bonds. The van der Waals surface area contributed by atoms with Crippen molar-refractivity contribution in [3.8, 4) is 11.5 Å². The molecule has 1 aliphatic heterocycles. The van der Waals surface area contributed by atoms with Gasteiger partial charge in [0.2, 0.25) is 12.7 Å². The Balaban J connectivity index is 1.35. The Morgan fingerprint density at radius 2 is 1.91 bits per heavy atom. The first-order chi connectivity index (χ1) is 16.2. The van der Waals surface area contributed by atoms with Gasteiger partial charge in [-0.3, -0.25) is 14.2 Å². The Labute approximate surface area is 193 Å². The fourth-order valence-corrected chi connectivity index (χ4v) is 4.40. The monoisotopic (exact) mass is 463 g/mol. The number of thioether (sulfide) groups is 1. The number of hydrogen-bond donors (Lipinski definition) is 1. The minimum absolute atomic E-state index is 0.108. The van der Waals surface area contributed by atoms with Crippen LogP contribution in [0.25, 0.3) is 10.9 Å². The van der Waals surface area contributed by atoms with E-state index in [0.29, 0.717) is 39.9 Å². The second-order valence-electron chi connectivity index (χ2n) is 7.46. The van der Waals surface area contributed by atoms with Crippen molar-refractivity contribution in [2.24, 2.45) is 0 Å². The van der Waals surface area contributed by atoms with E-state index in [9.17, 15) is 9.59 Å². The Kier molecular flexibility index (Phi) is 6.03. The van der Waals surface area contributed by atoms with Crippen molar-refractivity contribution in [2.45, 2.75) is 18.1 Å². The first kappa shape index (κ1) is 21.1. The molecule has 0 atom stereocenters. The molecule has 2 aromatic carbocycles. The summed E-state index contributed by atoms with van der Waals surface area (Å²) in [5, 5.41) is 3.77. The smallest absolute Gasteiger partial charge is 0.262 e. The second kappa shape index (κ2) is 9.41. The number of nitrogens with zero attached hydrogens (tertiary/aromatic N) is 2. The van der Waals surface area contributed by atoms with Gasteiger partial charge < -0.3 is 19.2 Å². The lowest BCUT2D eigenvalue weighted by Crippen LogP contribution is -2.28. The molecule has 5 rings (SSSR count). The zero-order chi connectivity index (χ0) is 22.6. The second-order valence-corrected chi connectivity index (χ2v) is 8.40. The number of nitrogens with one attached hydrogen (secondary N) is 1. The van der Waals surface area contributed by atoms with Gasteiger partial charge in [0.15, 0.2) is 16.7 Å². The number of furan rings is 1. The molecule has 8 nitrogen and oxygen atoms in total. The van der Waals surface area contributed by atoms with Crippen LogP contribution >= 0.6 is 11.8 Å². The van der Waals surface area contributed by atoms with Crippen LogP contribution in [0.4, 0.5) is 0 Å². The highest BCUT2D eigenvalue weighted by atomic mass is 32.2. The molecule has 0 saturated carbocycles. The van der Waals surface area contributed by atoms with E-state index in [1.807, 2.05) is 30.3 Å². The molecular weight excluding hydrogens is 442 g/mol. The SMILES string of the molecule is O=C(CSc1nc2cc3c(cc2c(=O)n1Cc1ccco1)OCO3)NCCc1ccccc1. The van der Waals surface area contributed by atoms with Gasteiger partial charge in [0.25, 0.3) is 5.56 Å². The highest BCUT2D eigenvalue weighted by Crippen LogP contribution is 2.35. The lowest BCUT2D eigenvalue weighted by Gasteiger charge is -2.12. The van der Waals surface area contributed by atoms with E-state index in [1.54, 1.807) is 30.5 Å². The van der Waals surface area contributed by atoms with Gasteiger partial charge in [-0.2, -0.15) is 0 Å². The minimum Gasteiger partial charge on any atom is -0.467 e. The predicted octanol–water partition coefficient (Wildman–Crippen LogP) is 3.22. The standard InChI is InChI=1S/C24H21N3O5S/c28-22(25-9-8-16-5-2-1-3-6-16)14-33-24-26-19-12-21-20(31-15-32-21)11-18(19)23(29)27(24)13-17-7-4-10-30-17/h1-7,10-12H,8-9,13-15H2,(H,25,28). The van der Waals surface area contributed by atoms with Crippen LogP contribution in [0.5, 0.6) is 11.5 Å². The molecule has 168 valence electrons. The van der Waals surface area contributed by atoms with E-state index >= 15 is 0 Å². The van der Waals surface area contributed by atoms with E-state index in [2.05, 4.69) is 10.3 Å². The predicted molar refractivity (Wildman–Crippen MR) is 124 cm³/mol. The molecule has 0 bridgehead atoms. The molecule has 0 spiro atoms. The van der Waals surface area contributed by atoms with E-state index in [1.165, 1.54) is 16.3 Å². The van der Waals surface area contributed by atoms with Gasteiger partial charge in [0.05, 0.1) is 29.5 Å². The molecule has 0 unspecified atom stereocenters. The average Bonchev–Trinajstić information content (AvgIpc) is 3.51. The van der Waals surface area contributed by atoms with Crippen molar-refractivity contribution in [3.05, 3.63) is 82.5 Å². The molecule has 0 aliphatic carbocycles. The largest absolute Gasteiger partial charge is 0.467 e. The van der Waals surface area contributed by atoms with Crippen LogP contribution in [-0.2, 0) is 17.8 Å². The average molecular weight is 464 g/mol.